The Bertz CT molecular complexity index is 1100. The molecule has 0 bridgehead atoms. The number of anilines is 1. The molecule has 0 heterocycles. The first kappa shape index (κ1) is 28.4. The van der Waals surface area contributed by atoms with E-state index < -0.39 is 22.0 Å². The smallest absolute Gasteiger partial charge is 0.244 e. The Morgan fingerprint density at radius 1 is 1.00 bits per heavy atom. The molecule has 7 nitrogen and oxygen atoms in total. The van der Waals surface area contributed by atoms with E-state index >= 15 is 0 Å². The Morgan fingerprint density at radius 3 is 2.20 bits per heavy atom. The molecule has 0 aliphatic carbocycles. The molecule has 0 radical (unpaired) electrons. The van der Waals surface area contributed by atoms with Crippen LogP contribution in [0.25, 0.3) is 0 Å². The monoisotopic (exact) mass is 501 g/mol. The van der Waals surface area contributed by atoms with E-state index in [9.17, 15) is 18.0 Å². The molecule has 1 N–H and O–H groups in total. The van der Waals surface area contributed by atoms with E-state index in [1.807, 2.05) is 77.1 Å². The number of hydrogen-bond acceptors (Lipinski definition) is 4. The Kier molecular flexibility index (Phi) is 10.3. The summed E-state index contributed by atoms with van der Waals surface area (Å²) in [5, 5.41) is 2.98. The van der Waals surface area contributed by atoms with Crippen molar-refractivity contribution in [3.63, 3.8) is 0 Å². The third-order valence-electron chi connectivity index (χ3n) is 6.17. The van der Waals surface area contributed by atoms with E-state index in [1.165, 1.54) is 4.90 Å². The Morgan fingerprint density at radius 2 is 1.66 bits per heavy atom. The van der Waals surface area contributed by atoms with Crippen molar-refractivity contribution in [3.05, 3.63) is 65.2 Å². The van der Waals surface area contributed by atoms with Gasteiger partial charge >= 0.3 is 0 Å². The average Bonchev–Trinajstić information content (AvgIpc) is 2.80. The highest BCUT2D eigenvalue weighted by atomic mass is 32.2. The lowest BCUT2D eigenvalue weighted by atomic mass is 10.1. The Balaban J connectivity index is 2.39. The second-order valence-corrected chi connectivity index (χ2v) is 11.0. The van der Waals surface area contributed by atoms with Crippen LogP contribution in [0.5, 0.6) is 0 Å². The predicted molar refractivity (Wildman–Crippen MR) is 142 cm³/mol. The van der Waals surface area contributed by atoms with Gasteiger partial charge in [-0.15, -0.1) is 0 Å². The number of carbonyl (C=O) groups is 2. The standard InChI is InChI=1S/C27H39N3O4S/c1-7-22(5)28-27(32)24(8-2)29(17-16-23-12-10-9-11-13-23)26(31)19-30(35(6,33)34)25-15-14-20(3)18-21(25)4/h9-15,18,22,24H,7-8,16-17,19H2,1-6H3,(H,28,32)/t22-,24+/m0/s1. The summed E-state index contributed by atoms with van der Waals surface area (Å²) in [6, 6.07) is 14.5. The molecule has 192 valence electrons. The summed E-state index contributed by atoms with van der Waals surface area (Å²) in [6.45, 7) is 9.46. The third kappa shape index (κ3) is 8.09. The van der Waals surface area contributed by atoms with E-state index in [2.05, 4.69) is 5.32 Å². The number of sulfonamides is 1. The zero-order valence-corrected chi connectivity index (χ0v) is 22.6. The van der Waals surface area contributed by atoms with Crippen molar-refractivity contribution < 1.29 is 18.0 Å². The largest absolute Gasteiger partial charge is 0.352 e. The highest BCUT2D eigenvalue weighted by Crippen LogP contribution is 2.24. The van der Waals surface area contributed by atoms with Crippen molar-refractivity contribution in [1.29, 1.82) is 0 Å². The molecule has 2 atom stereocenters. The summed E-state index contributed by atoms with van der Waals surface area (Å²) >= 11 is 0. The maximum Gasteiger partial charge on any atom is 0.244 e. The van der Waals surface area contributed by atoms with Gasteiger partial charge in [-0.3, -0.25) is 13.9 Å². The van der Waals surface area contributed by atoms with Crippen LogP contribution in [-0.2, 0) is 26.0 Å². The summed E-state index contributed by atoms with van der Waals surface area (Å²) in [7, 11) is -3.74. The molecule has 2 aromatic rings. The van der Waals surface area contributed by atoms with Gasteiger partial charge in [0.05, 0.1) is 11.9 Å². The second kappa shape index (κ2) is 12.7. The van der Waals surface area contributed by atoms with Crippen LogP contribution in [0.4, 0.5) is 5.69 Å². The van der Waals surface area contributed by atoms with Crippen LogP contribution in [-0.4, -0.2) is 56.6 Å². The van der Waals surface area contributed by atoms with Crippen LogP contribution in [0, 0.1) is 13.8 Å². The molecular formula is C27H39N3O4S. The third-order valence-corrected chi connectivity index (χ3v) is 7.30. The molecule has 8 heteroatoms. The summed E-state index contributed by atoms with van der Waals surface area (Å²) in [4.78, 5) is 28.3. The summed E-state index contributed by atoms with van der Waals surface area (Å²) in [5.74, 6) is -0.627. The van der Waals surface area contributed by atoms with E-state index in [0.29, 0.717) is 25.1 Å². The van der Waals surface area contributed by atoms with Crippen LogP contribution in [0.2, 0.25) is 0 Å². The SMILES string of the molecule is CC[C@H](C(=O)N[C@@H](C)CC)N(CCc1ccccc1)C(=O)CN(c1ccc(C)cc1C)S(C)(=O)=O. The number of nitrogens with one attached hydrogen (secondary N) is 1. The summed E-state index contributed by atoms with van der Waals surface area (Å²) < 4.78 is 26.6. The van der Waals surface area contributed by atoms with Gasteiger partial charge < -0.3 is 10.2 Å². The normalized spacial score (nSPS) is 13.1. The maximum absolute atomic E-state index is 13.7. The van der Waals surface area contributed by atoms with Crippen LogP contribution in [0.1, 0.15) is 50.3 Å². The summed E-state index contributed by atoms with van der Waals surface area (Å²) in [5.41, 5.74) is 3.27. The van der Waals surface area contributed by atoms with E-state index in [-0.39, 0.29) is 18.5 Å². The highest BCUT2D eigenvalue weighted by molar-refractivity contribution is 7.92. The van der Waals surface area contributed by atoms with E-state index in [0.717, 1.165) is 33.7 Å². The van der Waals surface area contributed by atoms with Gasteiger partial charge in [-0.2, -0.15) is 0 Å². The van der Waals surface area contributed by atoms with Gasteiger partial charge in [0.25, 0.3) is 0 Å². The van der Waals surface area contributed by atoms with Crippen LogP contribution >= 0.6 is 0 Å². The van der Waals surface area contributed by atoms with Gasteiger partial charge in [-0.25, -0.2) is 8.42 Å². The molecule has 2 aromatic carbocycles. The molecule has 0 saturated carbocycles. The van der Waals surface area contributed by atoms with Gasteiger partial charge in [0, 0.05) is 12.6 Å². The Hall–Kier alpha value is -2.87. The second-order valence-electron chi connectivity index (χ2n) is 9.12. The number of carbonyl (C=O) groups excluding carboxylic acids is 2. The molecule has 0 unspecified atom stereocenters. The zero-order chi connectivity index (χ0) is 26.2. The van der Waals surface area contributed by atoms with Crippen molar-refractivity contribution in [2.24, 2.45) is 0 Å². The minimum Gasteiger partial charge on any atom is -0.352 e. The maximum atomic E-state index is 13.7. The van der Waals surface area contributed by atoms with Crippen molar-refractivity contribution in [3.8, 4) is 0 Å². The van der Waals surface area contributed by atoms with Gasteiger partial charge in [0.15, 0.2) is 0 Å². The molecule has 35 heavy (non-hydrogen) atoms. The van der Waals surface area contributed by atoms with Crippen LogP contribution in [0.3, 0.4) is 0 Å². The van der Waals surface area contributed by atoms with Crippen LogP contribution < -0.4 is 9.62 Å². The van der Waals surface area contributed by atoms with Crippen molar-refractivity contribution >= 4 is 27.5 Å². The van der Waals surface area contributed by atoms with Crippen molar-refractivity contribution in [1.82, 2.24) is 10.2 Å². The van der Waals surface area contributed by atoms with Gasteiger partial charge in [-0.05, 0) is 57.2 Å². The fourth-order valence-corrected chi connectivity index (χ4v) is 4.92. The molecule has 0 aliphatic heterocycles. The molecule has 0 aliphatic rings. The van der Waals surface area contributed by atoms with Crippen molar-refractivity contribution in [2.45, 2.75) is 66.0 Å². The first-order chi connectivity index (χ1) is 16.5. The molecule has 2 amide bonds. The number of amides is 2. The fraction of sp³-hybridized carbons (Fsp3) is 0.481. The van der Waals surface area contributed by atoms with Crippen molar-refractivity contribution in [2.75, 3.05) is 23.7 Å². The number of hydrogen-bond donors (Lipinski definition) is 1. The number of benzene rings is 2. The van der Waals surface area contributed by atoms with E-state index in [1.54, 1.807) is 6.07 Å². The number of rotatable bonds is 12. The lowest BCUT2D eigenvalue weighted by Gasteiger charge is -2.33. The molecule has 0 saturated heterocycles. The molecule has 0 spiro atoms. The highest BCUT2D eigenvalue weighted by Gasteiger charge is 2.32. The minimum absolute atomic E-state index is 0.0228. The first-order valence-corrected chi connectivity index (χ1v) is 14.0. The topological polar surface area (TPSA) is 86.8 Å². The predicted octanol–water partition coefficient (Wildman–Crippen LogP) is 3.83. The number of aryl methyl sites for hydroxylation is 2. The summed E-state index contributed by atoms with van der Waals surface area (Å²) in [6.07, 6.45) is 2.85. The molecule has 0 fully saturated rings. The molecule has 0 aromatic heterocycles. The lowest BCUT2D eigenvalue weighted by molar-refractivity contribution is -0.139. The first-order valence-electron chi connectivity index (χ1n) is 12.2. The fourth-order valence-electron chi connectivity index (χ4n) is 4.02. The minimum atomic E-state index is -3.74. The number of nitrogens with zero attached hydrogens (tertiary/aromatic N) is 2. The quantitative estimate of drug-likeness (QED) is 0.479. The average molecular weight is 502 g/mol. The van der Waals surface area contributed by atoms with Gasteiger partial charge in [0.1, 0.15) is 12.6 Å². The van der Waals surface area contributed by atoms with Crippen LogP contribution in [0.15, 0.2) is 48.5 Å². The lowest BCUT2D eigenvalue weighted by Crippen LogP contribution is -2.54. The van der Waals surface area contributed by atoms with Gasteiger partial charge in [0.2, 0.25) is 21.8 Å². The van der Waals surface area contributed by atoms with Gasteiger partial charge in [-0.1, -0.05) is 61.9 Å². The molecular weight excluding hydrogens is 462 g/mol. The molecule has 2 rings (SSSR count). The Labute approximate surface area is 210 Å². The van der Waals surface area contributed by atoms with E-state index in [4.69, 9.17) is 0 Å². The zero-order valence-electron chi connectivity index (χ0n) is 21.7.